The molecule has 0 saturated carbocycles. The Kier molecular flexibility index (Phi) is 3.73. The monoisotopic (exact) mass is 191 g/mol. The van der Waals surface area contributed by atoms with E-state index < -0.39 is 0 Å². The molecule has 1 rings (SSSR count). The van der Waals surface area contributed by atoms with Crippen molar-refractivity contribution in [3.05, 3.63) is 17.5 Å². The highest BCUT2D eigenvalue weighted by atomic mass is 15.3. The average Bonchev–Trinajstić information content (AvgIpc) is 2.47. The van der Waals surface area contributed by atoms with Crippen LogP contribution < -0.4 is 5.32 Å². The van der Waals surface area contributed by atoms with Crippen molar-refractivity contribution in [3.63, 3.8) is 0 Å². The summed E-state index contributed by atoms with van der Waals surface area (Å²) in [6.07, 6.45) is 8.53. The Morgan fingerprint density at radius 2 is 2.43 bits per heavy atom. The van der Waals surface area contributed by atoms with Gasteiger partial charge in [-0.1, -0.05) is 12.8 Å². The van der Waals surface area contributed by atoms with Crippen LogP contribution >= 0.6 is 0 Å². The van der Waals surface area contributed by atoms with Crippen molar-refractivity contribution in [1.82, 2.24) is 15.1 Å². The maximum atomic E-state index is 5.47. The Bertz CT molecular complexity index is 333. The van der Waals surface area contributed by atoms with E-state index in [1.54, 1.807) is 4.68 Å². The standard InChI is InChI=1S/C11H17N3/c1-5-7-12-11(6-2)10-8-14(4)13-9(10)3/h2,8,11-12H,5,7H2,1,3-4H3. The average molecular weight is 191 g/mol. The molecule has 0 aliphatic carbocycles. The molecule has 1 aromatic heterocycles. The molecule has 14 heavy (non-hydrogen) atoms. The molecule has 0 radical (unpaired) electrons. The Morgan fingerprint density at radius 1 is 1.71 bits per heavy atom. The molecule has 0 spiro atoms. The lowest BCUT2D eigenvalue weighted by atomic mass is 10.1. The molecule has 1 N–H and O–H groups in total. The fourth-order valence-electron chi connectivity index (χ4n) is 1.45. The predicted octanol–water partition coefficient (Wildman–Crippen LogP) is 1.40. The van der Waals surface area contributed by atoms with Crippen molar-refractivity contribution in [2.24, 2.45) is 7.05 Å². The van der Waals surface area contributed by atoms with E-state index in [9.17, 15) is 0 Å². The molecule has 3 heteroatoms. The zero-order chi connectivity index (χ0) is 10.6. The first kappa shape index (κ1) is 10.8. The summed E-state index contributed by atoms with van der Waals surface area (Å²) in [5.41, 5.74) is 2.10. The van der Waals surface area contributed by atoms with E-state index >= 15 is 0 Å². The van der Waals surface area contributed by atoms with Crippen LogP contribution in [0.4, 0.5) is 0 Å². The van der Waals surface area contributed by atoms with E-state index in [1.165, 1.54) is 0 Å². The summed E-state index contributed by atoms with van der Waals surface area (Å²) in [5.74, 6) is 2.74. The van der Waals surface area contributed by atoms with Crippen molar-refractivity contribution in [1.29, 1.82) is 0 Å². The summed E-state index contributed by atoms with van der Waals surface area (Å²) in [6.45, 7) is 5.03. The third-order valence-corrected chi connectivity index (χ3v) is 2.13. The Balaban J connectivity index is 2.79. The minimum absolute atomic E-state index is 0.0105. The zero-order valence-corrected chi connectivity index (χ0v) is 9.04. The molecule has 1 aromatic rings. The largest absolute Gasteiger partial charge is 0.300 e. The molecule has 0 amide bonds. The van der Waals surface area contributed by atoms with Gasteiger partial charge >= 0.3 is 0 Å². The van der Waals surface area contributed by atoms with Crippen LogP contribution in [-0.2, 0) is 7.05 Å². The second-order valence-electron chi connectivity index (χ2n) is 3.40. The van der Waals surface area contributed by atoms with Gasteiger partial charge < -0.3 is 0 Å². The van der Waals surface area contributed by atoms with Gasteiger partial charge in [0, 0.05) is 18.8 Å². The molecular formula is C11H17N3. The molecule has 1 atom stereocenters. The third kappa shape index (κ3) is 2.36. The van der Waals surface area contributed by atoms with E-state index in [2.05, 4.69) is 23.3 Å². The number of hydrogen-bond donors (Lipinski definition) is 1. The minimum Gasteiger partial charge on any atom is -0.300 e. The van der Waals surface area contributed by atoms with Crippen molar-refractivity contribution >= 4 is 0 Å². The molecule has 1 unspecified atom stereocenters. The van der Waals surface area contributed by atoms with Gasteiger partial charge in [-0.3, -0.25) is 10.00 Å². The molecule has 3 nitrogen and oxygen atoms in total. The van der Waals surface area contributed by atoms with Crippen molar-refractivity contribution in [2.45, 2.75) is 26.3 Å². The molecule has 0 aromatic carbocycles. The number of aryl methyl sites for hydroxylation is 2. The number of terminal acetylenes is 1. The summed E-state index contributed by atoms with van der Waals surface area (Å²) in [4.78, 5) is 0. The quantitative estimate of drug-likeness (QED) is 0.729. The van der Waals surface area contributed by atoms with Gasteiger partial charge in [-0.15, -0.1) is 6.42 Å². The second kappa shape index (κ2) is 4.83. The molecular weight excluding hydrogens is 174 g/mol. The van der Waals surface area contributed by atoms with Gasteiger partial charge in [-0.05, 0) is 19.9 Å². The van der Waals surface area contributed by atoms with E-state index in [0.717, 1.165) is 24.2 Å². The molecule has 0 saturated heterocycles. The van der Waals surface area contributed by atoms with Gasteiger partial charge in [0.2, 0.25) is 0 Å². The van der Waals surface area contributed by atoms with E-state index in [1.807, 2.05) is 20.2 Å². The first-order chi connectivity index (χ1) is 6.69. The van der Waals surface area contributed by atoms with Crippen LogP contribution in [0.2, 0.25) is 0 Å². The second-order valence-corrected chi connectivity index (χ2v) is 3.40. The fraction of sp³-hybridized carbons (Fsp3) is 0.545. The Labute approximate surface area is 85.5 Å². The first-order valence-electron chi connectivity index (χ1n) is 4.88. The Morgan fingerprint density at radius 3 is 2.86 bits per heavy atom. The molecule has 1 heterocycles. The third-order valence-electron chi connectivity index (χ3n) is 2.13. The number of hydrogen-bond acceptors (Lipinski definition) is 2. The molecule has 0 aliphatic heterocycles. The summed E-state index contributed by atoms with van der Waals surface area (Å²) in [6, 6.07) is -0.0105. The molecule has 76 valence electrons. The number of nitrogens with zero attached hydrogens (tertiary/aromatic N) is 2. The van der Waals surface area contributed by atoms with E-state index in [4.69, 9.17) is 6.42 Å². The van der Waals surface area contributed by atoms with E-state index in [-0.39, 0.29) is 6.04 Å². The van der Waals surface area contributed by atoms with Crippen LogP contribution in [0.1, 0.15) is 30.6 Å². The maximum absolute atomic E-state index is 5.47. The summed E-state index contributed by atoms with van der Waals surface area (Å²) >= 11 is 0. The normalized spacial score (nSPS) is 12.4. The highest BCUT2D eigenvalue weighted by molar-refractivity contribution is 5.26. The van der Waals surface area contributed by atoms with Gasteiger partial charge in [-0.2, -0.15) is 5.10 Å². The lowest BCUT2D eigenvalue weighted by Crippen LogP contribution is -2.20. The van der Waals surface area contributed by atoms with Crippen LogP contribution in [-0.4, -0.2) is 16.3 Å². The predicted molar refractivity (Wildman–Crippen MR) is 57.8 cm³/mol. The minimum atomic E-state index is -0.0105. The van der Waals surface area contributed by atoms with Gasteiger partial charge in [-0.25, -0.2) is 0 Å². The van der Waals surface area contributed by atoms with Crippen LogP contribution in [0.25, 0.3) is 0 Å². The van der Waals surface area contributed by atoms with Crippen molar-refractivity contribution < 1.29 is 0 Å². The summed E-state index contributed by atoms with van der Waals surface area (Å²) in [7, 11) is 1.91. The van der Waals surface area contributed by atoms with Crippen LogP contribution in [0, 0.1) is 19.3 Å². The smallest absolute Gasteiger partial charge is 0.0976 e. The topological polar surface area (TPSA) is 29.9 Å². The zero-order valence-electron chi connectivity index (χ0n) is 9.04. The number of nitrogens with one attached hydrogen (secondary N) is 1. The fourth-order valence-corrected chi connectivity index (χ4v) is 1.45. The van der Waals surface area contributed by atoms with Gasteiger partial charge in [0.25, 0.3) is 0 Å². The lowest BCUT2D eigenvalue weighted by Gasteiger charge is -2.10. The Hall–Kier alpha value is -1.27. The number of aromatic nitrogens is 2. The van der Waals surface area contributed by atoms with Gasteiger partial charge in [0.15, 0.2) is 0 Å². The lowest BCUT2D eigenvalue weighted by molar-refractivity contribution is 0.624. The van der Waals surface area contributed by atoms with E-state index in [0.29, 0.717) is 0 Å². The van der Waals surface area contributed by atoms with Gasteiger partial charge in [0.05, 0.1) is 11.7 Å². The number of rotatable bonds is 4. The summed E-state index contributed by atoms with van der Waals surface area (Å²) < 4.78 is 1.79. The van der Waals surface area contributed by atoms with Crippen molar-refractivity contribution in [3.8, 4) is 12.3 Å². The molecule has 0 aliphatic rings. The highest BCUT2D eigenvalue weighted by Crippen LogP contribution is 2.14. The van der Waals surface area contributed by atoms with Crippen molar-refractivity contribution in [2.75, 3.05) is 6.54 Å². The SMILES string of the molecule is C#CC(NCCC)c1cn(C)nc1C. The molecule has 0 bridgehead atoms. The van der Waals surface area contributed by atoms with Gasteiger partial charge in [0.1, 0.15) is 0 Å². The van der Waals surface area contributed by atoms with Crippen LogP contribution in [0.5, 0.6) is 0 Å². The molecule has 0 fully saturated rings. The van der Waals surface area contributed by atoms with Crippen LogP contribution in [0.15, 0.2) is 6.20 Å². The highest BCUT2D eigenvalue weighted by Gasteiger charge is 2.12. The summed E-state index contributed by atoms with van der Waals surface area (Å²) in [5, 5.41) is 7.57. The van der Waals surface area contributed by atoms with Crippen LogP contribution in [0.3, 0.4) is 0 Å². The maximum Gasteiger partial charge on any atom is 0.0976 e. The first-order valence-corrected chi connectivity index (χ1v) is 4.88.